The van der Waals surface area contributed by atoms with E-state index in [4.69, 9.17) is 5.41 Å². The Morgan fingerprint density at radius 1 is 1.57 bits per heavy atom. The summed E-state index contributed by atoms with van der Waals surface area (Å²) in [5.41, 5.74) is 1.37. The molecule has 14 heavy (non-hydrogen) atoms. The Bertz CT molecular complexity index is 408. The smallest absolute Gasteiger partial charge is 0.263 e. The number of guanidine groups is 1. The lowest BCUT2D eigenvalue weighted by atomic mass is 10.2. The van der Waals surface area contributed by atoms with Gasteiger partial charge in [-0.1, -0.05) is 0 Å². The van der Waals surface area contributed by atoms with Crippen molar-refractivity contribution in [3.8, 4) is 0 Å². The first kappa shape index (κ1) is 8.74. The number of carbonyl (C=O) groups is 1. The van der Waals surface area contributed by atoms with Gasteiger partial charge < -0.3 is 5.32 Å². The van der Waals surface area contributed by atoms with E-state index < -0.39 is 0 Å². The van der Waals surface area contributed by atoms with Crippen molar-refractivity contribution in [2.45, 2.75) is 6.54 Å². The van der Waals surface area contributed by atoms with E-state index in [0.717, 1.165) is 5.69 Å². The second kappa shape index (κ2) is 2.83. The van der Waals surface area contributed by atoms with Crippen molar-refractivity contribution in [3.63, 3.8) is 0 Å². The average Bonchev–Trinajstić information content (AvgIpc) is 2.49. The van der Waals surface area contributed by atoms with E-state index >= 15 is 0 Å². The fourth-order valence-electron chi connectivity index (χ4n) is 1.42. The first-order valence-corrected chi connectivity index (χ1v) is 4.22. The summed E-state index contributed by atoms with van der Waals surface area (Å²) < 4.78 is 1.65. The van der Waals surface area contributed by atoms with Gasteiger partial charge in [-0.05, 0) is 0 Å². The fourth-order valence-corrected chi connectivity index (χ4v) is 1.42. The van der Waals surface area contributed by atoms with Crippen LogP contribution in [0.1, 0.15) is 16.1 Å². The van der Waals surface area contributed by atoms with Crippen molar-refractivity contribution < 1.29 is 4.79 Å². The molecule has 6 heteroatoms. The van der Waals surface area contributed by atoms with Crippen LogP contribution in [-0.4, -0.2) is 33.6 Å². The first-order chi connectivity index (χ1) is 6.61. The lowest BCUT2D eigenvalue weighted by Crippen LogP contribution is -2.38. The standard InChI is InChI=1S/C8H11N5O/c1-12-7(14)5-3-11-13(2)6(5)4-10-8(12)9/h3H,4H2,1-2H3,(H2,9,10). The van der Waals surface area contributed by atoms with Crippen molar-refractivity contribution in [1.82, 2.24) is 20.0 Å². The molecule has 0 unspecified atom stereocenters. The Balaban J connectivity index is 2.51. The molecule has 6 nitrogen and oxygen atoms in total. The summed E-state index contributed by atoms with van der Waals surface area (Å²) in [5, 5.41) is 14.4. The molecule has 0 radical (unpaired) electrons. The monoisotopic (exact) mass is 193 g/mol. The Hall–Kier alpha value is -1.85. The van der Waals surface area contributed by atoms with Gasteiger partial charge in [0.15, 0.2) is 5.96 Å². The molecule has 0 saturated carbocycles. The topological polar surface area (TPSA) is 74.0 Å². The maximum absolute atomic E-state index is 11.8. The van der Waals surface area contributed by atoms with Crippen molar-refractivity contribution in [2.24, 2.45) is 7.05 Å². The Morgan fingerprint density at radius 3 is 3.00 bits per heavy atom. The Morgan fingerprint density at radius 2 is 2.29 bits per heavy atom. The van der Waals surface area contributed by atoms with Crippen LogP contribution in [0.3, 0.4) is 0 Å². The molecule has 1 aromatic heterocycles. The maximum atomic E-state index is 11.8. The number of aromatic nitrogens is 2. The zero-order valence-electron chi connectivity index (χ0n) is 8.03. The van der Waals surface area contributed by atoms with Crippen molar-refractivity contribution in [2.75, 3.05) is 7.05 Å². The van der Waals surface area contributed by atoms with Crippen molar-refractivity contribution >= 4 is 11.9 Å². The van der Waals surface area contributed by atoms with Gasteiger partial charge in [0.2, 0.25) is 0 Å². The lowest BCUT2D eigenvalue weighted by Gasteiger charge is -2.14. The molecule has 0 spiro atoms. The van der Waals surface area contributed by atoms with E-state index in [9.17, 15) is 4.79 Å². The summed E-state index contributed by atoms with van der Waals surface area (Å²) in [4.78, 5) is 13.0. The first-order valence-electron chi connectivity index (χ1n) is 4.22. The minimum Gasteiger partial charge on any atom is -0.350 e. The van der Waals surface area contributed by atoms with Gasteiger partial charge in [0.25, 0.3) is 5.91 Å². The van der Waals surface area contributed by atoms with E-state index in [1.54, 1.807) is 18.8 Å². The van der Waals surface area contributed by atoms with Gasteiger partial charge in [0.05, 0.1) is 24.0 Å². The van der Waals surface area contributed by atoms with E-state index in [1.807, 2.05) is 0 Å². The van der Waals surface area contributed by atoms with E-state index in [2.05, 4.69) is 10.4 Å². The highest BCUT2D eigenvalue weighted by Crippen LogP contribution is 2.12. The fraction of sp³-hybridized carbons (Fsp3) is 0.375. The Labute approximate surface area is 81.0 Å². The Kier molecular flexibility index (Phi) is 1.77. The predicted octanol–water partition coefficient (Wildman–Crippen LogP) is -0.470. The summed E-state index contributed by atoms with van der Waals surface area (Å²) >= 11 is 0. The predicted molar refractivity (Wildman–Crippen MR) is 49.9 cm³/mol. The quantitative estimate of drug-likeness (QED) is 0.585. The van der Waals surface area contributed by atoms with Crippen LogP contribution in [0.25, 0.3) is 0 Å². The second-order valence-electron chi connectivity index (χ2n) is 3.19. The molecule has 74 valence electrons. The summed E-state index contributed by atoms with van der Waals surface area (Å²) in [5.74, 6) is -0.0747. The number of fused-ring (bicyclic) bond motifs is 1. The van der Waals surface area contributed by atoms with Crippen LogP contribution in [0.15, 0.2) is 6.20 Å². The van der Waals surface area contributed by atoms with Crippen LogP contribution in [-0.2, 0) is 13.6 Å². The van der Waals surface area contributed by atoms with Crippen LogP contribution in [0.4, 0.5) is 0 Å². The third-order valence-electron chi connectivity index (χ3n) is 2.36. The molecular weight excluding hydrogens is 182 g/mol. The minimum absolute atomic E-state index is 0.117. The van der Waals surface area contributed by atoms with Crippen LogP contribution in [0.2, 0.25) is 0 Å². The van der Waals surface area contributed by atoms with Crippen LogP contribution in [0, 0.1) is 5.41 Å². The SMILES string of the molecule is CN1C(=N)NCc2c(cnn2C)C1=O. The third-order valence-corrected chi connectivity index (χ3v) is 2.36. The van der Waals surface area contributed by atoms with Crippen molar-refractivity contribution in [3.05, 3.63) is 17.5 Å². The van der Waals surface area contributed by atoms with Crippen LogP contribution >= 0.6 is 0 Å². The molecule has 0 aromatic carbocycles. The number of carbonyl (C=O) groups excluding carboxylic acids is 1. The number of aryl methyl sites for hydroxylation is 1. The van der Waals surface area contributed by atoms with Gasteiger partial charge in [-0.2, -0.15) is 5.10 Å². The average molecular weight is 193 g/mol. The van der Waals surface area contributed by atoms with Gasteiger partial charge in [-0.3, -0.25) is 19.8 Å². The molecule has 0 bridgehead atoms. The number of hydrogen-bond acceptors (Lipinski definition) is 3. The normalized spacial score (nSPS) is 16.3. The molecule has 2 heterocycles. The number of rotatable bonds is 0. The summed E-state index contributed by atoms with van der Waals surface area (Å²) in [6, 6.07) is 0. The molecule has 2 N–H and O–H groups in total. The molecule has 0 aliphatic carbocycles. The van der Waals surface area contributed by atoms with Gasteiger partial charge in [-0.25, -0.2) is 0 Å². The van der Waals surface area contributed by atoms with Gasteiger partial charge in [0, 0.05) is 14.1 Å². The molecule has 1 aliphatic rings. The zero-order chi connectivity index (χ0) is 10.3. The molecule has 0 saturated heterocycles. The zero-order valence-corrected chi connectivity index (χ0v) is 8.03. The number of nitrogens with one attached hydrogen (secondary N) is 2. The second-order valence-corrected chi connectivity index (χ2v) is 3.19. The summed E-state index contributed by atoms with van der Waals surface area (Å²) in [6.07, 6.45) is 1.54. The van der Waals surface area contributed by atoms with E-state index in [-0.39, 0.29) is 11.9 Å². The molecule has 1 amide bonds. The van der Waals surface area contributed by atoms with Crippen LogP contribution < -0.4 is 5.32 Å². The molecular formula is C8H11N5O. The molecule has 1 aromatic rings. The molecule has 0 atom stereocenters. The van der Waals surface area contributed by atoms with Crippen molar-refractivity contribution in [1.29, 1.82) is 5.41 Å². The van der Waals surface area contributed by atoms with Gasteiger partial charge in [0.1, 0.15) is 0 Å². The molecule has 1 aliphatic heterocycles. The third kappa shape index (κ3) is 1.07. The van der Waals surface area contributed by atoms with Gasteiger partial charge >= 0.3 is 0 Å². The van der Waals surface area contributed by atoms with E-state index in [0.29, 0.717) is 12.1 Å². The highest BCUT2D eigenvalue weighted by atomic mass is 16.2. The maximum Gasteiger partial charge on any atom is 0.263 e. The van der Waals surface area contributed by atoms with Crippen LogP contribution in [0.5, 0.6) is 0 Å². The highest BCUT2D eigenvalue weighted by molar-refractivity contribution is 6.06. The molecule has 0 fully saturated rings. The number of hydrogen-bond donors (Lipinski definition) is 2. The lowest BCUT2D eigenvalue weighted by molar-refractivity contribution is 0.0869. The molecule has 2 rings (SSSR count). The largest absolute Gasteiger partial charge is 0.350 e. The van der Waals surface area contributed by atoms with Gasteiger partial charge in [-0.15, -0.1) is 0 Å². The minimum atomic E-state index is -0.192. The summed E-state index contributed by atoms with van der Waals surface area (Å²) in [6.45, 7) is 0.459. The summed E-state index contributed by atoms with van der Waals surface area (Å²) in [7, 11) is 3.35. The number of amides is 1. The highest BCUT2D eigenvalue weighted by Gasteiger charge is 2.25. The number of nitrogens with zero attached hydrogens (tertiary/aromatic N) is 3. The van der Waals surface area contributed by atoms with E-state index in [1.165, 1.54) is 11.1 Å².